The van der Waals surface area contributed by atoms with E-state index in [4.69, 9.17) is 23.2 Å². The minimum atomic E-state index is -0.257. The lowest BCUT2D eigenvalue weighted by Crippen LogP contribution is -2.27. The molecule has 0 fully saturated rings. The number of nitrogens with one attached hydrogen (secondary N) is 2. The Kier molecular flexibility index (Phi) is 4.05. The largest absolute Gasteiger partial charge is 0.344 e. The third kappa shape index (κ3) is 2.80. The number of nitrogens with zero attached hydrogens (tertiary/aromatic N) is 1. The molecule has 2 N–H and O–H groups in total. The lowest BCUT2D eigenvalue weighted by Gasteiger charge is -2.15. The molecular weight excluding hydrogens is 321 g/mol. The summed E-state index contributed by atoms with van der Waals surface area (Å²) in [5.74, 6) is -0.254. The fourth-order valence-corrected chi connectivity index (χ4v) is 2.90. The number of hydrogen-bond acceptors (Lipinski definition) is 2. The summed E-state index contributed by atoms with van der Waals surface area (Å²) in [4.78, 5) is 12.4. The summed E-state index contributed by atoms with van der Waals surface area (Å²) < 4.78 is 0. The van der Waals surface area contributed by atoms with Gasteiger partial charge in [0.1, 0.15) is 0 Å². The summed E-state index contributed by atoms with van der Waals surface area (Å²) in [5.41, 5.74) is 2.00. The predicted molar refractivity (Wildman–Crippen MR) is 88.4 cm³/mol. The maximum absolute atomic E-state index is 12.4. The Bertz CT molecular complexity index is 844. The first-order valence-electron chi connectivity index (χ1n) is 6.75. The Balaban J connectivity index is 1.84. The molecule has 3 rings (SSSR count). The van der Waals surface area contributed by atoms with Crippen LogP contribution in [0.5, 0.6) is 0 Å². The molecular formula is C16H13Cl2N3O. The fraction of sp³-hybridized carbons (Fsp3) is 0.125. The van der Waals surface area contributed by atoms with Gasteiger partial charge in [-0.1, -0.05) is 47.5 Å². The van der Waals surface area contributed by atoms with E-state index in [1.807, 2.05) is 31.2 Å². The van der Waals surface area contributed by atoms with Crippen LogP contribution in [0.15, 0.2) is 42.5 Å². The summed E-state index contributed by atoms with van der Waals surface area (Å²) in [5, 5.41) is 11.7. The lowest BCUT2D eigenvalue weighted by atomic mass is 10.1. The van der Waals surface area contributed by atoms with Crippen molar-refractivity contribution in [2.75, 3.05) is 0 Å². The fourth-order valence-electron chi connectivity index (χ4n) is 2.33. The van der Waals surface area contributed by atoms with Crippen LogP contribution in [0, 0.1) is 0 Å². The molecule has 0 aliphatic heterocycles. The molecule has 1 aromatic heterocycles. The normalized spacial score (nSPS) is 12.3. The minimum Gasteiger partial charge on any atom is -0.344 e. The molecule has 3 aromatic rings. The lowest BCUT2D eigenvalue weighted by molar-refractivity contribution is 0.0936. The van der Waals surface area contributed by atoms with E-state index in [0.717, 1.165) is 16.5 Å². The molecule has 0 unspecified atom stereocenters. The van der Waals surface area contributed by atoms with Crippen LogP contribution < -0.4 is 5.32 Å². The van der Waals surface area contributed by atoms with Crippen molar-refractivity contribution in [2.24, 2.45) is 0 Å². The van der Waals surface area contributed by atoms with Crippen LogP contribution in [0.25, 0.3) is 10.9 Å². The maximum atomic E-state index is 12.4. The molecule has 1 atom stereocenters. The summed E-state index contributed by atoms with van der Waals surface area (Å²) in [6.07, 6.45) is 0. The smallest absolute Gasteiger partial charge is 0.272 e. The number of carbonyl (C=O) groups excluding carboxylic acids is 1. The number of rotatable bonds is 3. The topological polar surface area (TPSA) is 57.8 Å². The number of aromatic nitrogens is 2. The van der Waals surface area contributed by atoms with Crippen molar-refractivity contribution in [1.82, 2.24) is 15.5 Å². The number of amides is 1. The van der Waals surface area contributed by atoms with Gasteiger partial charge in [-0.3, -0.25) is 9.89 Å². The van der Waals surface area contributed by atoms with Crippen LogP contribution in [0.2, 0.25) is 10.0 Å². The van der Waals surface area contributed by atoms with Crippen molar-refractivity contribution in [1.29, 1.82) is 0 Å². The zero-order valence-corrected chi connectivity index (χ0v) is 13.2. The number of carbonyl (C=O) groups is 1. The van der Waals surface area contributed by atoms with Gasteiger partial charge in [-0.25, -0.2) is 0 Å². The van der Waals surface area contributed by atoms with Crippen LogP contribution in [0.3, 0.4) is 0 Å². The van der Waals surface area contributed by atoms with Crippen molar-refractivity contribution in [3.8, 4) is 0 Å². The molecule has 0 aliphatic rings. The highest BCUT2D eigenvalue weighted by Crippen LogP contribution is 2.26. The Hall–Kier alpha value is -2.04. The Morgan fingerprint density at radius 3 is 2.77 bits per heavy atom. The van der Waals surface area contributed by atoms with Crippen LogP contribution in [-0.2, 0) is 0 Å². The van der Waals surface area contributed by atoms with Gasteiger partial charge in [0.05, 0.1) is 11.6 Å². The van der Waals surface area contributed by atoms with Crippen LogP contribution >= 0.6 is 23.2 Å². The third-order valence-corrected chi connectivity index (χ3v) is 4.02. The summed E-state index contributed by atoms with van der Waals surface area (Å²) in [6.45, 7) is 1.86. The van der Waals surface area contributed by atoms with Crippen LogP contribution in [0.1, 0.15) is 29.0 Å². The highest BCUT2D eigenvalue weighted by atomic mass is 35.5. The van der Waals surface area contributed by atoms with Crippen molar-refractivity contribution in [2.45, 2.75) is 13.0 Å². The molecule has 4 nitrogen and oxygen atoms in total. The van der Waals surface area contributed by atoms with Gasteiger partial charge in [-0.2, -0.15) is 5.10 Å². The van der Waals surface area contributed by atoms with Crippen molar-refractivity contribution < 1.29 is 4.79 Å². The first-order chi connectivity index (χ1) is 10.6. The molecule has 0 spiro atoms. The van der Waals surface area contributed by atoms with Crippen molar-refractivity contribution in [3.05, 3.63) is 63.8 Å². The van der Waals surface area contributed by atoms with Gasteiger partial charge < -0.3 is 5.32 Å². The van der Waals surface area contributed by atoms with E-state index in [9.17, 15) is 4.79 Å². The van der Waals surface area contributed by atoms with E-state index in [-0.39, 0.29) is 11.9 Å². The molecule has 0 saturated carbocycles. The number of para-hydroxylation sites is 1. The van der Waals surface area contributed by atoms with Crippen LogP contribution in [0.4, 0.5) is 0 Å². The second-order valence-electron chi connectivity index (χ2n) is 4.98. The molecule has 0 radical (unpaired) electrons. The number of aromatic amines is 1. The summed E-state index contributed by atoms with van der Waals surface area (Å²) in [6, 6.07) is 12.4. The Morgan fingerprint density at radius 1 is 1.23 bits per heavy atom. The Morgan fingerprint density at radius 2 is 2.00 bits per heavy atom. The standard InChI is InChI=1S/C16H13Cl2N3O/c1-9(11-7-6-10(17)8-13(11)18)19-16(22)15-12-4-2-3-5-14(12)20-21-15/h2-9H,1H3,(H,19,22)(H,20,21)/t9-/m0/s1. The third-order valence-electron chi connectivity index (χ3n) is 3.46. The number of fused-ring (bicyclic) bond motifs is 1. The van der Waals surface area contributed by atoms with E-state index in [2.05, 4.69) is 15.5 Å². The zero-order valence-electron chi connectivity index (χ0n) is 11.7. The summed E-state index contributed by atoms with van der Waals surface area (Å²) in [7, 11) is 0. The number of benzene rings is 2. The average molecular weight is 334 g/mol. The van der Waals surface area contributed by atoms with Gasteiger partial charge in [0.15, 0.2) is 5.69 Å². The number of H-pyrrole nitrogens is 1. The SMILES string of the molecule is C[C@H](NC(=O)c1n[nH]c2ccccc12)c1ccc(Cl)cc1Cl. The minimum absolute atomic E-state index is 0.254. The van der Waals surface area contributed by atoms with E-state index in [1.54, 1.807) is 18.2 Å². The molecule has 1 heterocycles. The molecule has 0 bridgehead atoms. The molecule has 0 saturated heterocycles. The quantitative estimate of drug-likeness (QED) is 0.748. The highest BCUT2D eigenvalue weighted by Gasteiger charge is 2.18. The first-order valence-corrected chi connectivity index (χ1v) is 7.51. The monoisotopic (exact) mass is 333 g/mol. The highest BCUT2D eigenvalue weighted by molar-refractivity contribution is 6.35. The Labute approximate surface area is 137 Å². The van der Waals surface area contributed by atoms with E-state index < -0.39 is 0 Å². The van der Waals surface area contributed by atoms with Gasteiger partial charge >= 0.3 is 0 Å². The molecule has 22 heavy (non-hydrogen) atoms. The number of hydrogen-bond donors (Lipinski definition) is 2. The van der Waals surface area contributed by atoms with E-state index >= 15 is 0 Å². The zero-order chi connectivity index (χ0) is 15.7. The molecule has 112 valence electrons. The van der Waals surface area contributed by atoms with Gasteiger partial charge in [-0.05, 0) is 30.7 Å². The molecule has 1 amide bonds. The van der Waals surface area contributed by atoms with Gasteiger partial charge in [0.2, 0.25) is 0 Å². The second kappa shape index (κ2) is 5.99. The van der Waals surface area contributed by atoms with E-state index in [0.29, 0.717) is 15.7 Å². The summed E-state index contributed by atoms with van der Waals surface area (Å²) >= 11 is 12.1. The van der Waals surface area contributed by atoms with E-state index in [1.165, 1.54) is 0 Å². The van der Waals surface area contributed by atoms with Gasteiger partial charge in [0, 0.05) is 15.4 Å². The average Bonchev–Trinajstić information content (AvgIpc) is 2.91. The van der Waals surface area contributed by atoms with Crippen molar-refractivity contribution >= 4 is 40.0 Å². The van der Waals surface area contributed by atoms with Crippen molar-refractivity contribution in [3.63, 3.8) is 0 Å². The second-order valence-corrected chi connectivity index (χ2v) is 5.82. The predicted octanol–water partition coefficient (Wildman–Crippen LogP) is 4.36. The van der Waals surface area contributed by atoms with Gasteiger partial charge in [0.25, 0.3) is 5.91 Å². The molecule has 2 aromatic carbocycles. The molecule has 0 aliphatic carbocycles. The number of halogens is 2. The maximum Gasteiger partial charge on any atom is 0.272 e. The first kappa shape index (κ1) is 14.9. The van der Waals surface area contributed by atoms with Crippen LogP contribution in [-0.4, -0.2) is 16.1 Å². The molecule has 6 heteroatoms. The van der Waals surface area contributed by atoms with Gasteiger partial charge in [-0.15, -0.1) is 0 Å².